The number of para-hydroxylation sites is 2. The van der Waals surface area contributed by atoms with Gasteiger partial charge in [0.2, 0.25) is 0 Å². The van der Waals surface area contributed by atoms with Gasteiger partial charge in [0, 0.05) is 25.6 Å². The number of fused-ring (bicyclic) bond motifs is 5. The zero-order valence-corrected chi connectivity index (χ0v) is 16.3. The number of aryl methyl sites for hydroxylation is 1. The van der Waals surface area contributed by atoms with Crippen LogP contribution in [-0.2, 0) is 17.8 Å². The molecular formula is C22H24N4O2. The predicted molar refractivity (Wildman–Crippen MR) is 111 cm³/mol. The lowest BCUT2D eigenvalue weighted by Crippen LogP contribution is -2.07. The van der Waals surface area contributed by atoms with Crippen LogP contribution in [0, 0.1) is 0 Å². The van der Waals surface area contributed by atoms with Gasteiger partial charge in [-0.2, -0.15) is 0 Å². The van der Waals surface area contributed by atoms with Gasteiger partial charge in [0.15, 0.2) is 11.4 Å². The predicted octanol–water partition coefficient (Wildman–Crippen LogP) is 4.68. The molecule has 0 amide bonds. The van der Waals surface area contributed by atoms with Crippen LogP contribution in [0.5, 0.6) is 5.75 Å². The molecule has 0 spiro atoms. The van der Waals surface area contributed by atoms with Crippen LogP contribution in [0.4, 0.5) is 0 Å². The lowest BCUT2D eigenvalue weighted by atomic mass is 10.2. The Labute approximate surface area is 163 Å². The first-order valence-corrected chi connectivity index (χ1v) is 9.78. The number of nitrogens with zero attached hydrogens (tertiary/aromatic N) is 4. The number of ether oxygens (including phenoxy) is 1. The zero-order chi connectivity index (χ0) is 19.7. The Balaban J connectivity index is 2.07. The van der Waals surface area contributed by atoms with E-state index in [1.807, 2.05) is 48.0 Å². The Morgan fingerprint density at radius 3 is 2.75 bits per heavy atom. The number of carbonyl (C=O) groups is 1. The second-order valence-corrected chi connectivity index (χ2v) is 6.89. The Morgan fingerprint density at radius 1 is 1.18 bits per heavy atom. The monoisotopic (exact) mass is 376 g/mol. The van der Waals surface area contributed by atoms with Crippen molar-refractivity contribution in [3.05, 3.63) is 48.9 Å². The molecule has 0 unspecified atom stereocenters. The summed E-state index contributed by atoms with van der Waals surface area (Å²) in [7, 11) is 0. The summed E-state index contributed by atoms with van der Waals surface area (Å²) in [5.41, 5.74) is 3.45. The van der Waals surface area contributed by atoms with E-state index in [-0.39, 0.29) is 5.97 Å². The molecule has 4 rings (SSSR count). The standard InChI is InChI=1S/C22H24N4O2/c1-4-9-18-24-21-20(22-23-15-11-7-8-12-16(15)26(18)22)17(14-25(21)13-6-3)28-19(27)10-5-2/h6-8,11-12,14H,3-5,9-10,13H2,1-2H3. The van der Waals surface area contributed by atoms with Crippen molar-refractivity contribution in [3.63, 3.8) is 0 Å². The minimum Gasteiger partial charge on any atom is -0.424 e. The lowest BCUT2D eigenvalue weighted by molar-refractivity contribution is -0.134. The van der Waals surface area contributed by atoms with Crippen LogP contribution in [-0.4, -0.2) is 24.9 Å². The average molecular weight is 376 g/mol. The fourth-order valence-electron chi connectivity index (χ4n) is 3.60. The largest absolute Gasteiger partial charge is 0.424 e. The van der Waals surface area contributed by atoms with Gasteiger partial charge in [-0.05, 0) is 25.0 Å². The highest BCUT2D eigenvalue weighted by Gasteiger charge is 2.21. The Bertz CT molecular complexity index is 1190. The molecule has 0 saturated carbocycles. The van der Waals surface area contributed by atoms with Crippen LogP contribution in [0.1, 0.15) is 38.9 Å². The van der Waals surface area contributed by atoms with E-state index >= 15 is 0 Å². The van der Waals surface area contributed by atoms with E-state index in [2.05, 4.69) is 17.9 Å². The van der Waals surface area contributed by atoms with Crippen LogP contribution in [0.2, 0.25) is 0 Å². The molecule has 0 radical (unpaired) electrons. The SMILES string of the molecule is C=CCn1cc(OC(=O)CCC)c2c1nc(CCC)n1c3ccccc3nc21. The summed E-state index contributed by atoms with van der Waals surface area (Å²) in [5.74, 6) is 1.21. The minimum atomic E-state index is -0.243. The van der Waals surface area contributed by atoms with Crippen molar-refractivity contribution >= 4 is 33.7 Å². The van der Waals surface area contributed by atoms with Gasteiger partial charge < -0.3 is 9.30 Å². The topological polar surface area (TPSA) is 61.4 Å². The Kier molecular flexibility index (Phi) is 4.86. The molecule has 0 aliphatic carbocycles. The van der Waals surface area contributed by atoms with Crippen molar-refractivity contribution in [3.8, 4) is 5.75 Å². The maximum atomic E-state index is 12.2. The third kappa shape index (κ3) is 2.95. The average Bonchev–Trinajstić information content (AvgIpc) is 3.21. The minimum absolute atomic E-state index is 0.243. The third-order valence-corrected chi connectivity index (χ3v) is 4.77. The molecule has 28 heavy (non-hydrogen) atoms. The summed E-state index contributed by atoms with van der Waals surface area (Å²) in [6.07, 6.45) is 6.57. The van der Waals surface area contributed by atoms with Gasteiger partial charge in [-0.15, -0.1) is 6.58 Å². The fraction of sp³-hybridized carbons (Fsp3) is 0.318. The quantitative estimate of drug-likeness (QED) is 0.347. The molecule has 144 valence electrons. The highest BCUT2D eigenvalue weighted by molar-refractivity contribution is 6.00. The van der Waals surface area contributed by atoms with Crippen molar-refractivity contribution < 1.29 is 9.53 Å². The van der Waals surface area contributed by atoms with Crippen LogP contribution >= 0.6 is 0 Å². The molecule has 6 heteroatoms. The molecule has 0 bridgehead atoms. The van der Waals surface area contributed by atoms with Gasteiger partial charge in [-0.3, -0.25) is 9.20 Å². The van der Waals surface area contributed by atoms with Gasteiger partial charge in [0.05, 0.1) is 11.0 Å². The number of carbonyl (C=O) groups excluding carboxylic acids is 1. The fourth-order valence-corrected chi connectivity index (χ4v) is 3.60. The Hall–Kier alpha value is -3.15. The number of esters is 1. The van der Waals surface area contributed by atoms with Crippen LogP contribution < -0.4 is 4.74 Å². The van der Waals surface area contributed by atoms with Crippen molar-refractivity contribution in [2.24, 2.45) is 0 Å². The number of allylic oxidation sites excluding steroid dienone is 1. The van der Waals surface area contributed by atoms with E-state index in [1.54, 1.807) is 0 Å². The summed E-state index contributed by atoms with van der Waals surface area (Å²) < 4.78 is 9.77. The van der Waals surface area contributed by atoms with Crippen LogP contribution in [0.15, 0.2) is 43.1 Å². The first kappa shape index (κ1) is 18.2. The summed E-state index contributed by atoms with van der Waals surface area (Å²) in [6, 6.07) is 8.02. The van der Waals surface area contributed by atoms with Gasteiger partial charge in [-0.25, -0.2) is 9.97 Å². The van der Waals surface area contributed by atoms with E-state index < -0.39 is 0 Å². The van der Waals surface area contributed by atoms with Gasteiger partial charge >= 0.3 is 5.97 Å². The molecule has 6 nitrogen and oxygen atoms in total. The third-order valence-electron chi connectivity index (χ3n) is 4.77. The van der Waals surface area contributed by atoms with Crippen molar-refractivity contribution in [2.45, 2.75) is 46.1 Å². The van der Waals surface area contributed by atoms with E-state index in [0.717, 1.165) is 52.8 Å². The number of aromatic nitrogens is 4. The maximum Gasteiger partial charge on any atom is 0.311 e. The molecular weight excluding hydrogens is 352 g/mol. The van der Waals surface area contributed by atoms with Crippen LogP contribution in [0.3, 0.4) is 0 Å². The van der Waals surface area contributed by atoms with E-state index in [1.165, 1.54) is 0 Å². The molecule has 0 fully saturated rings. The lowest BCUT2D eigenvalue weighted by Gasteiger charge is -2.08. The number of imidazole rings is 1. The normalized spacial score (nSPS) is 11.5. The van der Waals surface area contributed by atoms with E-state index in [0.29, 0.717) is 18.7 Å². The number of hydrogen-bond donors (Lipinski definition) is 0. The summed E-state index contributed by atoms with van der Waals surface area (Å²) in [5, 5.41) is 0.766. The molecule has 0 N–H and O–H groups in total. The van der Waals surface area contributed by atoms with E-state index in [9.17, 15) is 4.79 Å². The summed E-state index contributed by atoms with van der Waals surface area (Å²) in [6.45, 7) is 8.52. The van der Waals surface area contributed by atoms with Crippen LogP contribution in [0.25, 0.3) is 27.7 Å². The summed E-state index contributed by atoms with van der Waals surface area (Å²) in [4.78, 5) is 22.0. The summed E-state index contributed by atoms with van der Waals surface area (Å²) >= 11 is 0. The first-order chi connectivity index (χ1) is 13.7. The molecule has 3 heterocycles. The smallest absolute Gasteiger partial charge is 0.311 e. The first-order valence-electron chi connectivity index (χ1n) is 9.78. The number of rotatable bonds is 7. The van der Waals surface area contributed by atoms with Gasteiger partial charge in [0.1, 0.15) is 16.9 Å². The van der Waals surface area contributed by atoms with Gasteiger partial charge in [0.25, 0.3) is 0 Å². The molecule has 3 aromatic heterocycles. The number of benzene rings is 1. The highest BCUT2D eigenvalue weighted by Crippen LogP contribution is 2.34. The molecule has 0 saturated heterocycles. The molecule has 4 aromatic rings. The van der Waals surface area contributed by atoms with E-state index in [4.69, 9.17) is 14.7 Å². The van der Waals surface area contributed by atoms with Crippen molar-refractivity contribution in [1.29, 1.82) is 0 Å². The molecule has 0 aliphatic heterocycles. The Morgan fingerprint density at radius 2 is 2.00 bits per heavy atom. The van der Waals surface area contributed by atoms with Crippen molar-refractivity contribution in [1.82, 2.24) is 18.9 Å². The second kappa shape index (κ2) is 7.46. The highest BCUT2D eigenvalue weighted by atomic mass is 16.5. The van der Waals surface area contributed by atoms with Gasteiger partial charge in [-0.1, -0.05) is 32.1 Å². The van der Waals surface area contributed by atoms with Crippen molar-refractivity contribution in [2.75, 3.05) is 0 Å². The molecule has 0 atom stereocenters. The number of hydrogen-bond acceptors (Lipinski definition) is 4. The molecule has 0 aliphatic rings. The second-order valence-electron chi connectivity index (χ2n) is 6.89. The zero-order valence-electron chi connectivity index (χ0n) is 16.3. The molecule has 1 aromatic carbocycles. The maximum absolute atomic E-state index is 12.2.